The lowest BCUT2D eigenvalue weighted by Gasteiger charge is -2.43. The van der Waals surface area contributed by atoms with Gasteiger partial charge in [0.05, 0.1) is 13.7 Å². The number of carbonyl (C=O) groups is 3. The topological polar surface area (TPSA) is 106 Å². The minimum absolute atomic E-state index is 0.200. The van der Waals surface area contributed by atoms with Gasteiger partial charge in [0.25, 0.3) is 5.91 Å². The smallest absolute Gasteiger partial charge is 0.409 e. The molecule has 150 valence electrons. The molecule has 0 spiro atoms. The highest BCUT2D eigenvalue weighted by molar-refractivity contribution is 6.05. The number of amides is 4. The molecule has 3 heterocycles. The van der Waals surface area contributed by atoms with Crippen LogP contribution in [0, 0.1) is 0 Å². The predicted molar refractivity (Wildman–Crippen MR) is 99.3 cm³/mol. The van der Waals surface area contributed by atoms with E-state index in [4.69, 9.17) is 4.74 Å². The Labute approximate surface area is 162 Å². The van der Waals surface area contributed by atoms with Crippen molar-refractivity contribution in [1.29, 1.82) is 0 Å². The second kappa shape index (κ2) is 7.19. The number of anilines is 1. The lowest BCUT2D eigenvalue weighted by atomic mass is 10.2. The van der Waals surface area contributed by atoms with Crippen molar-refractivity contribution in [2.24, 2.45) is 0 Å². The Bertz CT molecular complexity index is 761. The van der Waals surface area contributed by atoms with Gasteiger partial charge in [-0.15, -0.1) is 0 Å². The van der Waals surface area contributed by atoms with E-state index in [1.54, 1.807) is 7.11 Å². The molecule has 0 saturated carbocycles. The average molecular weight is 389 g/mol. The third-order valence-electron chi connectivity index (χ3n) is 5.55. The molecule has 10 heteroatoms. The van der Waals surface area contributed by atoms with Gasteiger partial charge in [-0.2, -0.15) is 0 Å². The van der Waals surface area contributed by atoms with Crippen LogP contribution < -0.4 is 15.0 Å². The van der Waals surface area contributed by atoms with Crippen molar-refractivity contribution in [3.63, 3.8) is 0 Å². The zero-order valence-electron chi connectivity index (χ0n) is 15.6. The van der Waals surface area contributed by atoms with Gasteiger partial charge in [-0.3, -0.25) is 9.69 Å². The molecule has 0 radical (unpaired) electrons. The van der Waals surface area contributed by atoms with Gasteiger partial charge in [0.2, 0.25) is 0 Å². The fourth-order valence-corrected chi connectivity index (χ4v) is 4.06. The van der Waals surface area contributed by atoms with E-state index < -0.39 is 24.3 Å². The van der Waals surface area contributed by atoms with E-state index in [9.17, 15) is 19.5 Å². The summed E-state index contributed by atoms with van der Waals surface area (Å²) in [6.45, 7) is 2.35. The molecule has 1 aromatic carbocycles. The van der Waals surface area contributed by atoms with E-state index in [1.165, 1.54) is 9.80 Å². The number of hydrogen-bond donors (Lipinski definition) is 2. The van der Waals surface area contributed by atoms with Crippen molar-refractivity contribution in [2.45, 2.75) is 12.2 Å². The van der Waals surface area contributed by atoms with Gasteiger partial charge in [0, 0.05) is 38.4 Å². The quantitative estimate of drug-likeness (QED) is 0.704. The van der Waals surface area contributed by atoms with Crippen LogP contribution >= 0.6 is 0 Å². The number of hydrogen-bond acceptors (Lipinski definition) is 6. The number of benzene rings is 1. The Morgan fingerprint density at radius 3 is 2.57 bits per heavy atom. The summed E-state index contributed by atoms with van der Waals surface area (Å²) in [5.41, 5.74) is 0.884. The Balaban J connectivity index is 1.60. The lowest BCUT2D eigenvalue weighted by Crippen LogP contribution is -2.63. The number of nitrogens with zero attached hydrogens (tertiary/aromatic N) is 4. The van der Waals surface area contributed by atoms with Crippen LogP contribution in [0.25, 0.3) is 0 Å². The molecule has 2 atom stereocenters. The molecule has 3 fully saturated rings. The van der Waals surface area contributed by atoms with E-state index in [0.29, 0.717) is 26.2 Å². The minimum atomic E-state index is -1.14. The number of imide groups is 1. The molecular formula is C18H23N5O5. The van der Waals surface area contributed by atoms with Crippen LogP contribution in [-0.4, -0.2) is 96.4 Å². The number of nitrogens with one attached hydrogen (secondary N) is 1. The monoisotopic (exact) mass is 389 g/mol. The molecule has 4 amide bonds. The van der Waals surface area contributed by atoms with Gasteiger partial charge in [0.15, 0.2) is 0 Å². The standard InChI is InChI=1S/C18H23N5O5/c1-28-13-4-2-12(3-5-13)20-8-9-22(18(26)27)15(11-20)23-16(24)14-10-19-6-7-21(14)17(23)25/h2-5,14-15,19H,6-11H2,1H3,(H,26,27)/t14?,15-/m1/s1. The Morgan fingerprint density at radius 1 is 1.18 bits per heavy atom. The maximum absolute atomic E-state index is 12.9. The summed E-state index contributed by atoms with van der Waals surface area (Å²) in [4.78, 5) is 43.4. The van der Waals surface area contributed by atoms with Gasteiger partial charge in [0.1, 0.15) is 18.0 Å². The van der Waals surface area contributed by atoms with Crippen LogP contribution in [0.2, 0.25) is 0 Å². The highest BCUT2D eigenvalue weighted by atomic mass is 16.5. The molecule has 4 rings (SSSR count). The largest absolute Gasteiger partial charge is 0.497 e. The van der Waals surface area contributed by atoms with Gasteiger partial charge in [-0.05, 0) is 24.3 Å². The number of ether oxygens (including phenoxy) is 1. The number of methoxy groups -OCH3 is 1. The summed E-state index contributed by atoms with van der Waals surface area (Å²) >= 11 is 0. The molecule has 3 aliphatic heterocycles. The van der Waals surface area contributed by atoms with Crippen molar-refractivity contribution in [3.05, 3.63) is 24.3 Å². The summed E-state index contributed by atoms with van der Waals surface area (Å²) in [6, 6.07) is 6.44. The van der Waals surface area contributed by atoms with Crippen LogP contribution in [0.3, 0.4) is 0 Å². The van der Waals surface area contributed by atoms with Crippen molar-refractivity contribution < 1.29 is 24.2 Å². The first-order valence-electron chi connectivity index (χ1n) is 9.24. The molecule has 3 aliphatic rings. The zero-order chi connectivity index (χ0) is 19.8. The molecule has 0 bridgehead atoms. The maximum Gasteiger partial charge on any atom is 0.409 e. The SMILES string of the molecule is COc1ccc(N2CCN(C(=O)O)[C@H](N3C(=O)C4CNCCN4C3=O)C2)cc1. The maximum atomic E-state index is 12.9. The first-order valence-corrected chi connectivity index (χ1v) is 9.24. The normalized spacial score (nSPS) is 25.2. The van der Waals surface area contributed by atoms with E-state index in [2.05, 4.69) is 5.32 Å². The third-order valence-corrected chi connectivity index (χ3v) is 5.55. The van der Waals surface area contributed by atoms with Crippen molar-refractivity contribution >= 4 is 23.7 Å². The number of fused-ring (bicyclic) bond motifs is 1. The molecule has 3 saturated heterocycles. The first-order chi connectivity index (χ1) is 13.5. The summed E-state index contributed by atoms with van der Waals surface area (Å²) in [5, 5.41) is 12.8. The van der Waals surface area contributed by atoms with Gasteiger partial charge < -0.3 is 25.0 Å². The van der Waals surface area contributed by atoms with Crippen LogP contribution in [0.4, 0.5) is 15.3 Å². The molecule has 1 aromatic rings. The van der Waals surface area contributed by atoms with Crippen LogP contribution in [0.15, 0.2) is 24.3 Å². The molecule has 0 aliphatic carbocycles. The van der Waals surface area contributed by atoms with Crippen LogP contribution in [0.1, 0.15) is 0 Å². The summed E-state index contributed by atoms with van der Waals surface area (Å²) in [7, 11) is 1.59. The van der Waals surface area contributed by atoms with Crippen molar-refractivity contribution in [1.82, 2.24) is 20.0 Å². The highest BCUT2D eigenvalue weighted by Gasteiger charge is 2.51. The molecule has 1 unspecified atom stereocenters. The van der Waals surface area contributed by atoms with Crippen LogP contribution in [0.5, 0.6) is 5.75 Å². The number of piperazine rings is 2. The Hall–Kier alpha value is -3.01. The predicted octanol–water partition coefficient (Wildman–Crippen LogP) is 0.0573. The number of carboxylic acid groups (broad SMARTS) is 1. The first kappa shape index (κ1) is 18.4. The summed E-state index contributed by atoms with van der Waals surface area (Å²) in [6.07, 6.45) is -2.00. The third kappa shape index (κ3) is 2.99. The fourth-order valence-electron chi connectivity index (χ4n) is 4.06. The van der Waals surface area contributed by atoms with E-state index >= 15 is 0 Å². The fraction of sp³-hybridized carbons (Fsp3) is 0.500. The zero-order valence-corrected chi connectivity index (χ0v) is 15.6. The lowest BCUT2D eigenvalue weighted by molar-refractivity contribution is -0.132. The molecule has 10 nitrogen and oxygen atoms in total. The second-order valence-electron chi connectivity index (χ2n) is 7.00. The molecule has 0 aromatic heterocycles. The Kier molecular flexibility index (Phi) is 4.71. The minimum Gasteiger partial charge on any atom is -0.497 e. The second-order valence-corrected chi connectivity index (χ2v) is 7.00. The van der Waals surface area contributed by atoms with E-state index in [0.717, 1.165) is 16.3 Å². The summed E-state index contributed by atoms with van der Waals surface area (Å²) < 4.78 is 5.18. The molecule has 2 N–H and O–H groups in total. The number of rotatable bonds is 3. The summed E-state index contributed by atoms with van der Waals surface area (Å²) in [5.74, 6) is 0.378. The Morgan fingerprint density at radius 2 is 1.93 bits per heavy atom. The molecule has 28 heavy (non-hydrogen) atoms. The van der Waals surface area contributed by atoms with E-state index in [1.807, 2.05) is 29.2 Å². The molecular weight excluding hydrogens is 366 g/mol. The highest BCUT2D eigenvalue weighted by Crippen LogP contribution is 2.28. The van der Waals surface area contributed by atoms with Crippen molar-refractivity contribution in [2.75, 3.05) is 51.3 Å². The number of carbonyl (C=O) groups excluding carboxylic acids is 2. The van der Waals surface area contributed by atoms with Crippen LogP contribution in [-0.2, 0) is 4.79 Å². The average Bonchev–Trinajstić information content (AvgIpc) is 2.98. The van der Waals surface area contributed by atoms with Gasteiger partial charge in [-0.25, -0.2) is 14.5 Å². The van der Waals surface area contributed by atoms with Crippen molar-refractivity contribution in [3.8, 4) is 5.75 Å². The van der Waals surface area contributed by atoms with Gasteiger partial charge >= 0.3 is 12.1 Å². The van der Waals surface area contributed by atoms with Gasteiger partial charge in [-0.1, -0.05) is 0 Å². The van der Waals surface area contributed by atoms with E-state index in [-0.39, 0.29) is 19.0 Å². The number of urea groups is 1.